The fraction of sp³-hybridized carbons (Fsp3) is 0.900. The average molecular weight is 182 g/mol. The van der Waals surface area contributed by atoms with Crippen molar-refractivity contribution in [3.63, 3.8) is 0 Å². The molecule has 2 fully saturated rings. The number of amides is 1. The molecule has 0 heterocycles. The highest BCUT2D eigenvalue weighted by atomic mass is 16.1. The summed E-state index contributed by atoms with van der Waals surface area (Å²) in [6.07, 6.45) is 6.54. The van der Waals surface area contributed by atoms with Crippen LogP contribution in [0.1, 0.15) is 38.5 Å². The normalized spacial score (nSPS) is 25.0. The largest absolute Gasteiger partial charge is 0.354 e. The van der Waals surface area contributed by atoms with Crippen LogP contribution >= 0.6 is 0 Å². The maximum atomic E-state index is 11.3. The van der Waals surface area contributed by atoms with E-state index in [0.29, 0.717) is 12.5 Å². The average Bonchev–Trinajstić information content (AvgIpc) is 2.81. The van der Waals surface area contributed by atoms with Crippen LogP contribution in [0.4, 0.5) is 0 Å². The predicted octanol–water partition coefficient (Wildman–Crippen LogP) is 0.784. The summed E-state index contributed by atoms with van der Waals surface area (Å²) in [7, 11) is 0. The van der Waals surface area contributed by atoms with Gasteiger partial charge in [0.05, 0.1) is 0 Å². The highest BCUT2D eigenvalue weighted by molar-refractivity contribution is 5.76. The van der Waals surface area contributed by atoms with Crippen molar-refractivity contribution >= 4 is 5.91 Å². The molecule has 2 rings (SSSR count). The first kappa shape index (κ1) is 9.00. The number of carbonyl (C=O) groups excluding carboxylic acids is 1. The van der Waals surface area contributed by atoms with E-state index in [1.54, 1.807) is 0 Å². The van der Waals surface area contributed by atoms with Crippen LogP contribution < -0.4 is 11.1 Å². The van der Waals surface area contributed by atoms with E-state index in [2.05, 4.69) is 5.32 Å². The van der Waals surface area contributed by atoms with Gasteiger partial charge in [-0.05, 0) is 38.0 Å². The zero-order valence-electron chi connectivity index (χ0n) is 8.01. The lowest BCUT2D eigenvalue weighted by Gasteiger charge is -2.38. The smallest absolute Gasteiger partial charge is 0.220 e. The Balaban J connectivity index is 1.63. The van der Waals surface area contributed by atoms with Crippen molar-refractivity contribution in [1.82, 2.24) is 5.32 Å². The molecule has 0 aromatic heterocycles. The molecule has 0 radical (unpaired) electrons. The summed E-state index contributed by atoms with van der Waals surface area (Å²) in [4.78, 5) is 11.3. The Kier molecular flexibility index (Phi) is 2.28. The molecule has 0 aromatic carbocycles. The van der Waals surface area contributed by atoms with Gasteiger partial charge in [0.15, 0.2) is 0 Å². The zero-order valence-corrected chi connectivity index (χ0v) is 8.01. The Morgan fingerprint density at radius 2 is 2.15 bits per heavy atom. The summed E-state index contributed by atoms with van der Waals surface area (Å²) < 4.78 is 0. The van der Waals surface area contributed by atoms with Gasteiger partial charge in [-0.1, -0.05) is 0 Å². The molecule has 2 saturated carbocycles. The lowest BCUT2D eigenvalue weighted by atomic mass is 9.78. The number of hydrogen-bond acceptors (Lipinski definition) is 2. The molecule has 1 amide bonds. The number of nitrogens with two attached hydrogens (primary N) is 1. The topological polar surface area (TPSA) is 55.1 Å². The molecule has 3 heteroatoms. The minimum Gasteiger partial charge on any atom is -0.354 e. The molecule has 0 unspecified atom stereocenters. The summed E-state index contributed by atoms with van der Waals surface area (Å²) in [6.45, 7) is 0.679. The molecule has 0 aliphatic heterocycles. The zero-order chi connectivity index (χ0) is 9.31. The van der Waals surface area contributed by atoms with E-state index in [-0.39, 0.29) is 11.4 Å². The Bertz CT molecular complexity index is 207. The minimum absolute atomic E-state index is 0.0702. The van der Waals surface area contributed by atoms with Crippen LogP contribution in [0, 0.1) is 5.92 Å². The molecule has 2 aliphatic rings. The molecular weight excluding hydrogens is 164 g/mol. The van der Waals surface area contributed by atoms with Gasteiger partial charge < -0.3 is 11.1 Å². The number of carbonyl (C=O) groups is 1. The summed E-state index contributed by atoms with van der Waals surface area (Å²) in [5.41, 5.74) is 5.91. The van der Waals surface area contributed by atoms with Crippen LogP contribution in [0.2, 0.25) is 0 Å². The van der Waals surface area contributed by atoms with E-state index >= 15 is 0 Å². The molecule has 0 aromatic rings. The third kappa shape index (κ3) is 2.44. The van der Waals surface area contributed by atoms with Crippen LogP contribution in [-0.2, 0) is 4.79 Å². The van der Waals surface area contributed by atoms with Gasteiger partial charge in [0.25, 0.3) is 0 Å². The molecule has 0 atom stereocenters. The first-order valence-electron chi connectivity index (χ1n) is 5.24. The monoisotopic (exact) mass is 182 g/mol. The van der Waals surface area contributed by atoms with Crippen molar-refractivity contribution in [3.05, 3.63) is 0 Å². The summed E-state index contributed by atoms with van der Waals surface area (Å²) in [5, 5.41) is 2.93. The van der Waals surface area contributed by atoms with Crippen LogP contribution in [-0.4, -0.2) is 18.0 Å². The third-order valence-electron chi connectivity index (χ3n) is 3.16. The fourth-order valence-corrected chi connectivity index (χ4v) is 1.74. The van der Waals surface area contributed by atoms with E-state index in [9.17, 15) is 4.79 Å². The van der Waals surface area contributed by atoms with Crippen molar-refractivity contribution in [2.75, 3.05) is 6.54 Å². The fourth-order valence-electron chi connectivity index (χ4n) is 1.74. The van der Waals surface area contributed by atoms with Crippen molar-refractivity contribution in [1.29, 1.82) is 0 Å². The standard InChI is InChI=1S/C10H18N2O/c11-10(4-1-5-10)7-12-9(13)6-8-2-3-8/h8H,1-7,11H2,(H,12,13). The van der Waals surface area contributed by atoms with Gasteiger partial charge >= 0.3 is 0 Å². The van der Waals surface area contributed by atoms with Crippen molar-refractivity contribution in [3.8, 4) is 0 Å². The Hall–Kier alpha value is -0.570. The molecule has 13 heavy (non-hydrogen) atoms. The van der Waals surface area contributed by atoms with Crippen LogP contribution in [0.5, 0.6) is 0 Å². The van der Waals surface area contributed by atoms with Crippen molar-refractivity contribution in [2.45, 2.75) is 44.1 Å². The second kappa shape index (κ2) is 3.29. The van der Waals surface area contributed by atoms with Gasteiger partial charge in [0, 0.05) is 18.5 Å². The van der Waals surface area contributed by atoms with E-state index in [4.69, 9.17) is 5.73 Å². The maximum Gasteiger partial charge on any atom is 0.220 e. The Morgan fingerprint density at radius 1 is 1.46 bits per heavy atom. The summed E-state index contributed by atoms with van der Waals surface area (Å²) in [5.74, 6) is 0.870. The first-order valence-corrected chi connectivity index (χ1v) is 5.24. The van der Waals surface area contributed by atoms with Crippen LogP contribution in [0.25, 0.3) is 0 Å². The van der Waals surface area contributed by atoms with Gasteiger partial charge in [-0.15, -0.1) is 0 Å². The summed E-state index contributed by atoms with van der Waals surface area (Å²) >= 11 is 0. The number of rotatable bonds is 4. The first-order chi connectivity index (χ1) is 6.18. The maximum absolute atomic E-state index is 11.3. The molecule has 0 bridgehead atoms. The molecule has 74 valence electrons. The van der Waals surface area contributed by atoms with Crippen LogP contribution in [0.3, 0.4) is 0 Å². The minimum atomic E-state index is -0.0702. The highest BCUT2D eigenvalue weighted by Crippen LogP contribution is 2.32. The quantitative estimate of drug-likeness (QED) is 0.675. The molecule has 3 nitrogen and oxygen atoms in total. The van der Waals surface area contributed by atoms with Gasteiger partial charge in [0.1, 0.15) is 0 Å². The second-order valence-electron chi connectivity index (χ2n) is 4.64. The Morgan fingerprint density at radius 3 is 2.62 bits per heavy atom. The molecular formula is C10H18N2O. The van der Waals surface area contributed by atoms with E-state index in [1.807, 2.05) is 0 Å². The van der Waals surface area contributed by atoms with E-state index in [0.717, 1.165) is 19.3 Å². The van der Waals surface area contributed by atoms with Gasteiger partial charge in [-0.25, -0.2) is 0 Å². The van der Waals surface area contributed by atoms with Crippen LogP contribution in [0.15, 0.2) is 0 Å². The number of nitrogens with one attached hydrogen (secondary N) is 1. The third-order valence-corrected chi connectivity index (χ3v) is 3.16. The molecule has 0 saturated heterocycles. The second-order valence-corrected chi connectivity index (χ2v) is 4.64. The molecule has 3 N–H and O–H groups in total. The predicted molar refractivity (Wildman–Crippen MR) is 51.1 cm³/mol. The highest BCUT2D eigenvalue weighted by Gasteiger charge is 2.33. The van der Waals surface area contributed by atoms with Gasteiger partial charge in [0.2, 0.25) is 5.91 Å². The van der Waals surface area contributed by atoms with E-state index in [1.165, 1.54) is 19.3 Å². The number of hydrogen-bond donors (Lipinski definition) is 2. The van der Waals surface area contributed by atoms with Gasteiger partial charge in [-0.3, -0.25) is 4.79 Å². The lowest BCUT2D eigenvalue weighted by molar-refractivity contribution is -0.121. The molecule has 2 aliphatic carbocycles. The Labute approximate surface area is 79.1 Å². The SMILES string of the molecule is NC1(CNC(=O)CC2CC2)CCC1. The van der Waals surface area contributed by atoms with Gasteiger partial charge in [-0.2, -0.15) is 0 Å². The van der Waals surface area contributed by atoms with Crippen molar-refractivity contribution in [2.24, 2.45) is 11.7 Å². The molecule has 0 spiro atoms. The summed E-state index contributed by atoms with van der Waals surface area (Å²) in [6, 6.07) is 0. The van der Waals surface area contributed by atoms with Crippen molar-refractivity contribution < 1.29 is 4.79 Å². The lowest BCUT2D eigenvalue weighted by Crippen LogP contribution is -2.54. The van der Waals surface area contributed by atoms with E-state index < -0.39 is 0 Å².